The van der Waals surface area contributed by atoms with Gasteiger partial charge in [-0.3, -0.25) is 4.68 Å². The number of methoxy groups -OCH3 is 1. The van der Waals surface area contributed by atoms with Crippen LogP contribution in [0.15, 0.2) is 60.7 Å². The molecule has 0 bridgehead atoms. The Morgan fingerprint density at radius 2 is 1.67 bits per heavy atom. The fourth-order valence-corrected chi connectivity index (χ4v) is 2.40. The maximum Gasteiger partial charge on any atom is 0.118 e. The van der Waals surface area contributed by atoms with E-state index >= 15 is 0 Å². The van der Waals surface area contributed by atoms with Gasteiger partial charge in [0.15, 0.2) is 0 Å². The average Bonchev–Trinajstić information content (AvgIpc) is 3.00. The van der Waals surface area contributed by atoms with Gasteiger partial charge in [-0.05, 0) is 37.3 Å². The maximum absolute atomic E-state index is 5.21. The summed E-state index contributed by atoms with van der Waals surface area (Å²) in [5, 5.41) is 4.70. The topological polar surface area (TPSA) is 27.1 Å². The molecule has 0 atom stereocenters. The van der Waals surface area contributed by atoms with Crippen LogP contribution >= 0.6 is 0 Å². The van der Waals surface area contributed by atoms with Crippen molar-refractivity contribution < 1.29 is 4.74 Å². The summed E-state index contributed by atoms with van der Waals surface area (Å²) in [4.78, 5) is 0. The number of aryl methyl sites for hydroxylation is 1. The number of hydrogen-bond donors (Lipinski definition) is 0. The zero-order valence-corrected chi connectivity index (χ0v) is 12.3. The summed E-state index contributed by atoms with van der Waals surface area (Å²) in [6, 6.07) is 20.5. The Kier molecular flexibility index (Phi) is 3.73. The second-order valence-electron chi connectivity index (χ2n) is 4.83. The van der Waals surface area contributed by atoms with Crippen molar-refractivity contribution in [1.82, 2.24) is 9.78 Å². The summed E-state index contributed by atoms with van der Waals surface area (Å²) >= 11 is 0. The van der Waals surface area contributed by atoms with Crippen LogP contribution in [0.25, 0.3) is 22.5 Å². The Morgan fingerprint density at radius 1 is 0.952 bits per heavy atom. The minimum absolute atomic E-state index is 0.841. The molecule has 0 spiro atoms. The van der Waals surface area contributed by atoms with E-state index in [-0.39, 0.29) is 0 Å². The molecule has 0 aliphatic heterocycles. The summed E-state index contributed by atoms with van der Waals surface area (Å²) < 4.78 is 7.25. The number of hydrogen-bond acceptors (Lipinski definition) is 2. The molecule has 3 nitrogen and oxygen atoms in total. The molecule has 21 heavy (non-hydrogen) atoms. The molecule has 2 aromatic carbocycles. The Hall–Kier alpha value is -2.55. The van der Waals surface area contributed by atoms with Crippen LogP contribution in [0.3, 0.4) is 0 Å². The first-order chi connectivity index (χ1) is 10.3. The molecule has 1 heterocycles. The number of nitrogens with zero attached hydrogens (tertiary/aromatic N) is 2. The largest absolute Gasteiger partial charge is 0.497 e. The minimum Gasteiger partial charge on any atom is -0.497 e. The first-order valence-electron chi connectivity index (χ1n) is 7.09. The first kappa shape index (κ1) is 13.4. The van der Waals surface area contributed by atoms with Gasteiger partial charge in [-0.2, -0.15) is 5.10 Å². The number of ether oxygens (including phenoxy) is 1. The van der Waals surface area contributed by atoms with Gasteiger partial charge in [0.2, 0.25) is 0 Å². The predicted molar refractivity (Wildman–Crippen MR) is 85.3 cm³/mol. The lowest BCUT2D eigenvalue weighted by atomic mass is 10.1. The van der Waals surface area contributed by atoms with Gasteiger partial charge in [0, 0.05) is 17.7 Å². The van der Waals surface area contributed by atoms with E-state index < -0.39 is 0 Å². The van der Waals surface area contributed by atoms with Crippen molar-refractivity contribution in [1.29, 1.82) is 0 Å². The number of rotatable bonds is 4. The molecule has 3 aromatic rings. The van der Waals surface area contributed by atoms with Crippen molar-refractivity contribution in [2.24, 2.45) is 0 Å². The molecule has 0 unspecified atom stereocenters. The van der Waals surface area contributed by atoms with Gasteiger partial charge in [0.25, 0.3) is 0 Å². The van der Waals surface area contributed by atoms with Gasteiger partial charge in [0.05, 0.1) is 18.5 Å². The van der Waals surface area contributed by atoms with Gasteiger partial charge in [-0.25, -0.2) is 0 Å². The van der Waals surface area contributed by atoms with Crippen molar-refractivity contribution in [2.75, 3.05) is 7.11 Å². The summed E-state index contributed by atoms with van der Waals surface area (Å²) in [5.41, 5.74) is 4.41. The molecule has 1 aromatic heterocycles. The molecule has 0 radical (unpaired) electrons. The second kappa shape index (κ2) is 5.83. The Bertz CT molecular complexity index is 715. The summed E-state index contributed by atoms with van der Waals surface area (Å²) in [7, 11) is 1.68. The standard InChI is InChI=1S/C18H18N2O/c1-3-20-18(15-9-11-16(21-2)12-10-15)13-17(19-20)14-7-5-4-6-8-14/h4-13H,3H2,1-2H3. The molecule has 3 rings (SSSR count). The summed E-state index contributed by atoms with van der Waals surface area (Å²) in [6.07, 6.45) is 0. The van der Waals surface area contributed by atoms with Crippen molar-refractivity contribution in [3.8, 4) is 28.3 Å². The van der Waals surface area contributed by atoms with Crippen LogP contribution in [-0.2, 0) is 6.54 Å². The second-order valence-corrected chi connectivity index (χ2v) is 4.83. The molecule has 0 amide bonds. The quantitative estimate of drug-likeness (QED) is 0.713. The van der Waals surface area contributed by atoms with Crippen LogP contribution in [0.1, 0.15) is 6.92 Å². The lowest BCUT2D eigenvalue weighted by Gasteiger charge is -2.05. The highest BCUT2D eigenvalue weighted by Gasteiger charge is 2.10. The molecule has 0 aliphatic carbocycles. The number of benzene rings is 2. The molecule has 3 heteroatoms. The molecule has 0 saturated heterocycles. The lowest BCUT2D eigenvalue weighted by Crippen LogP contribution is -1.99. The van der Waals surface area contributed by atoms with Gasteiger partial charge in [-0.15, -0.1) is 0 Å². The average molecular weight is 278 g/mol. The maximum atomic E-state index is 5.21. The smallest absolute Gasteiger partial charge is 0.118 e. The van der Waals surface area contributed by atoms with Crippen molar-refractivity contribution in [3.05, 3.63) is 60.7 Å². The van der Waals surface area contributed by atoms with Gasteiger partial charge < -0.3 is 4.74 Å². The van der Waals surface area contributed by atoms with E-state index in [1.165, 1.54) is 0 Å². The van der Waals surface area contributed by atoms with Gasteiger partial charge >= 0.3 is 0 Å². The highest BCUT2D eigenvalue weighted by molar-refractivity contribution is 5.69. The van der Waals surface area contributed by atoms with Crippen LogP contribution in [0.5, 0.6) is 5.75 Å². The van der Waals surface area contributed by atoms with E-state index in [0.717, 1.165) is 34.8 Å². The van der Waals surface area contributed by atoms with Gasteiger partial charge in [-0.1, -0.05) is 30.3 Å². The minimum atomic E-state index is 0.841. The van der Waals surface area contributed by atoms with Crippen LogP contribution in [0.2, 0.25) is 0 Å². The normalized spacial score (nSPS) is 10.6. The van der Waals surface area contributed by atoms with Crippen LogP contribution in [0.4, 0.5) is 0 Å². The molecule has 0 fully saturated rings. The fourth-order valence-electron chi connectivity index (χ4n) is 2.40. The fraction of sp³-hybridized carbons (Fsp3) is 0.167. The molecule has 0 N–H and O–H groups in total. The molecular weight excluding hydrogens is 260 g/mol. The summed E-state index contributed by atoms with van der Waals surface area (Å²) in [5.74, 6) is 0.865. The number of aromatic nitrogens is 2. The lowest BCUT2D eigenvalue weighted by molar-refractivity contribution is 0.415. The molecular formula is C18H18N2O. The zero-order valence-electron chi connectivity index (χ0n) is 12.3. The van der Waals surface area contributed by atoms with Crippen molar-refractivity contribution in [3.63, 3.8) is 0 Å². The Labute approximate surface area is 124 Å². The SMILES string of the molecule is CCn1nc(-c2ccccc2)cc1-c1ccc(OC)cc1. The van der Waals surface area contributed by atoms with Gasteiger partial charge in [0.1, 0.15) is 5.75 Å². The van der Waals surface area contributed by atoms with E-state index in [0.29, 0.717) is 0 Å². The zero-order chi connectivity index (χ0) is 14.7. The monoisotopic (exact) mass is 278 g/mol. The third kappa shape index (κ3) is 2.68. The molecule has 0 saturated carbocycles. The Morgan fingerprint density at radius 3 is 2.29 bits per heavy atom. The van der Waals surface area contributed by atoms with E-state index in [1.807, 2.05) is 35.0 Å². The highest BCUT2D eigenvalue weighted by Crippen LogP contribution is 2.27. The van der Waals surface area contributed by atoms with E-state index in [9.17, 15) is 0 Å². The van der Waals surface area contributed by atoms with E-state index in [2.05, 4.69) is 37.3 Å². The Balaban J connectivity index is 2.03. The van der Waals surface area contributed by atoms with E-state index in [1.54, 1.807) is 7.11 Å². The van der Waals surface area contributed by atoms with E-state index in [4.69, 9.17) is 9.84 Å². The van der Waals surface area contributed by atoms with Crippen LogP contribution in [0, 0.1) is 0 Å². The summed E-state index contributed by atoms with van der Waals surface area (Å²) in [6.45, 7) is 2.95. The molecule has 0 aliphatic rings. The predicted octanol–water partition coefficient (Wildman–Crippen LogP) is 4.25. The molecule has 106 valence electrons. The first-order valence-corrected chi connectivity index (χ1v) is 7.09. The third-order valence-electron chi connectivity index (χ3n) is 3.53. The van der Waals surface area contributed by atoms with Crippen LogP contribution < -0.4 is 4.74 Å². The van der Waals surface area contributed by atoms with Crippen molar-refractivity contribution in [2.45, 2.75) is 13.5 Å². The van der Waals surface area contributed by atoms with Crippen molar-refractivity contribution >= 4 is 0 Å². The third-order valence-corrected chi connectivity index (χ3v) is 3.53. The highest BCUT2D eigenvalue weighted by atomic mass is 16.5. The van der Waals surface area contributed by atoms with Crippen LogP contribution in [-0.4, -0.2) is 16.9 Å².